The van der Waals surface area contributed by atoms with Crippen molar-refractivity contribution in [3.05, 3.63) is 52.0 Å². The molecule has 2 aromatic heterocycles. The predicted molar refractivity (Wildman–Crippen MR) is 98.1 cm³/mol. The topological polar surface area (TPSA) is 96.9 Å². The number of thiazole rings is 1. The lowest BCUT2D eigenvalue weighted by molar-refractivity contribution is -0.115. The van der Waals surface area contributed by atoms with Gasteiger partial charge in [-0.1, -0.05) is 36.5 Å². The minimum atomic E-state index is -0.230. The molecule has 0 aliphatic carbocycles. The minimum Gasteiger partial charge on any atom is -0.300 e. The maximum atomic E-state index is 12.1. The summed E-state index contributed by atoms with van der Waals surface area (Å²) in [7, 11) is 0. The fourth-order valence-electron chi connectivity index (χ4n) is 1.98. The quantitative estimate of drug-likeness (QED) is 0.692. The molecule has 0 aliphatic rings. The Morgan fingerprint density at radius 1 is 1.08 bits per heavy atom. The van der Waals surface area contributed by atoms with Crippen LogP contribution in [0.5, 0.6) is 0 Å². The van der Waals surface area contributed by atoms with Crippen LogP contribution < -0.4 is 10.6 Å². The average molecular weight is 373 g/mol. The molecule has 0 radical (unpaired) electrons. The van der Waals surface area contributed by atoms with E-state index < -0.39 is 0 Å². The highest BCUT2D eigenvalue weighted by Crippen LogP contribution is 2.19. The van der Waals surface area contributed by atoms with Crippen molar-refractivity contribution >= 4 is 44.8 Å². The number of rotatable bonds is 6. The first kappa shape index (κ1) is 17.2. The molecule has 2 amide bonds. The zero-order valence-corrected chi connectivity index (χ0v) is 15.0. The standard InChI is InChI=1S/C16H15N5O2S2/c1-2-13-20-21-16(25-13)18-12(22)8-11-9-24-15(17-11)19-14(23)10-6-4-3-5-7-10/h3-7,9H,2,8H2,1H3,(H,17,19,23)(H,18,21,22). The Hall–Kier alpha value is -2.65. The highest BCUT2D eigenvalue weighted by molar-refractivity contribution is 7.15. The Bertz CT molecular complexity index is 876. The van der Waals surface area contributed by atoms with E-state index >= 15 is 0 Å². The number of hydrogen-bond donors (Lipinski definition) is 2. The second-order valence-electron chi connectivity index (χ2n) is 5.04. The zero-order valence-electron chi connectivity index (χ0n) is 13.4. The Labute approximate surface area is 152 Å². The van der Waals surface area contributed by atoms with Crippen molar-refractivity contribution in [2.75, 3.05) is 10.6 Å². The fourth-order valence-corrected chi connectivity index (χ4v) is 3.38. The molecule has 9 heteroatoms. The van der Waals surface area contributed by atoms with Gasteiger partial charge in [-0.25, -0.2) is 4.98 Å². The Morgan fingerprint density at radius 3 is 2.60 bits per heavy atom. The lowest BCUT2D eigenvalue weighted by atomic mass is 10.2. The van der Waals surface area contributed by atoms with Gasteiger partial charge in [-0.3, -0.25) is 14.9 Å². The number of anilines is 2. The van der Waals surface area contributed by atoms with Gasteiger partial charge in [-0.05, 0) is 18.6 Å². The van der Waals surface area contributed by atoms with Gasteiger partial charge in [0.25, 0.3) is 5.91 Å². The lowest BCUT2D eigenvalue weighted by Crippen LogP contribution is -2.15. The number of carbonyl (C=O) groups is 2. The van der Waals surface area contributed by atoms with Crippen LogP contribution in [-0.4, -0.2) is 27.0 Å². The molecule has 3 aromatic rings. The molecular formula is C16H15N5O2S2. The predicted octanol–water partition coefficient (Wildman–Crippen LogP) is 2.99. The molecule has 25 heavy (non-hydrogen) atoms. The minimum absolute atomic E-state index is 0.110. The summed E-state index contributed by atoms with van der Waals surface area (Å²) in [6.07, 6.45) is 0.892. The second-order valence-corrected chi connectivity index (χ2v) is 6.96. The van der Waals surface area contributed by atoms with E-state index in [1.54, 1.807) is 29.6 Å². The van der Waals surface area contributed by atoms with E-state index in [2.05, 4.69) is 25.8 Å². The van der Waals surface area contributed by atoms with E-state index in [0.717, 1.165) is 11.4 Å². The molecule has 3 rings (SSSR count). The van der Waals surface area contributed by atoms with Gasteiger partial charge < -0.3 is 5.32 Å². The first-order chi connectivity index (χ1) is 12.1. The number of hydrogen-bond acceptors (Lipinski definition) is 7. The smallest absolute Gasteiger partial charge is 0.257 e. The largest absolute Gasteiger partial charge is 0.300 e. The van der Waals surface area contributed by atoms with Crippen molar-refractivity contribution < 1.29 is 9.59 Å². The Morgan fingerprint density at radius 2 is 1.88 bits per heavy atom. The van der Waals surface area contributed by atoms with E-state index in [-0.39, 0.29) is 18.2 Å². The molecule has 0 saturated heterocycles. The van der Waals surface area contributed by atoms with Crippen LogP contribution in [0.2, 0.25) is 0 Å². The van der Waals surface area contributed by atoms with E-state index in [1.807, 2.05) is 13.0 Å². The molecule has 0 bridgehead atoms. The molecule has 0 saturated carbocycles. The highest BCUT2D eigenvalue weighted by Gasteiger charge is 2.12. The lowest BCUT2D eigenvalue weighted by Gasteiger charge is -2.01. The number of carbonyl (C=O) groups excluding carboxylic acids is 2. The second kappa shape index (κ2) is 7.95. The van der Waals surface area contributed by atoms with Gasteiger partial charge in [0, 0.05) is 10.9 Å². The first-order valence-corrected chi connectivity index (χ1v) is 9.26. The van der Waals surface area contributed by atoms with Crippen LogP contribution in [0.4, 0.5) is 10.3 Å². The van der Waals surface area contributed by atoms with E-state index in [0.29, 0.717) is 21.5 Å². The number of aryl methyl sites for hydroxylation is 1. The van der Waals surface area contributed by atoms with Crippen molar-refractivity contribution in [3.63, 3.8) is 0 Å². The molecule has 1 aromatic carbocycles. The summed E-state index contributed by atoms with van der Waals surface area (Å²) in [6.45, 7) is 1.98. The van der Waals surface area contributed by atoms with E-state index in [9.17, 15) is 9.59 Å². The number of aromatic nitrogens is 3. The first-order valence-electron chi connectivity index (χ1n) is 7.57. The van der Waals surface area contributed by atoms with E-state index in [1.165, 1.54) is 22.7 Å². The van der Waals surface area contributed by atoms with Crippen LogP contribution in [0.1, 0.15) is 28.0 Å². The Kier molecular flexibility index (Phi) is 5.46. The zero-order chi connectivity index (χ0) is 17.6. The molecule has 0 atom stereocenters. The molecule has 2 heterocycles. The maximum absolute atomic E-state index is 12.1. The van der Waals surface area contributed by atoms with Crippen molar-refractivity contribution in [3.8, 4) is 0 Å². The number of nitrogens with one attached hydrogen (secondary N) is 2. The molecule has 0 unspecified atom stereocenters. The van der Waals surface area contributed by atoms with Crippen LogP contribution in [0, 0.1) is 0 Å². The highest BCUT2D eigenvalue weighted by atomic mass is 32.1. The van der Waals surface area contributed by atoms with Crippen LogP contribution in [0.25, 0.3) is 0 Å². The summed E-state index contributed by atoms with van der Waals surface area (Å²) in [5.41, 5.74) is 1.14. The number of benzene rings is 1. The van der Waals surface area contributed by atoms with E-state index in [4.69, 9.17) is 0 Å². The van der Waals surface area contributed by atoms with Gasteiger partial charge in [0.05, 0.1) is 12.1 Å². The summed E-state index contributed by atoms with van der Waals surface area (Å²) in [6, 6.07) is 8.89. The van der Waals surface area contributed by atoms with Gasteiger partial charge >= 0.3 is 0 Å². The molecule has 7 nitrogen and oxygen atoms in total. The molecular weight excluding hydrogens is 358 g/mol. The average Bonchev–Trinajstić information content (AvgIpc) is 3.25. The summed E-state index contributed by atoms with van der Waals surface area (Å²) in [4.78, 5) is 28.4. The van der Waals surface area contributed by atoms with Gasteiger partial charge in [-0.2, -0.15) is 0 Å². The Balaban J connectivity index is 1.56. The summed E-state index contributed by atoms with van der Waals surface area (Å²) in [5.74, 6) is -0.447. The van der Waals surface area contributed by atoms with Gasteiger partial charge in [0.2, 0.25) is 11.0 Å². The number of nitrogens with zero attached hydrogens (tertiary/aromatic N) is 3. The normalized spacial score (nSPS) is 10.4. The van der Waals surface area contributed by atoms with Crippen LogP contribution in [0.3, 0.4) is 0 Å². The fraction of sp³-hybridized carbons (Fsp3) is 0.188. The SMILES string of the molecule is CCc1nnc(NC(=O)Cc2csc(NC(=O)c3ccccc3)n2)s1. The molecule has 128 valence electrons. The third-order valence-electron chi connectivity index (χ3n) is 3.17. The number of amides is 2. The van der Waals surface area contributed by atoms with Crippen molar-refractivity contribution in [1.82, 2.24) is 15.2 Å². The van der Waals surface area contributed by atoms with Crippen LogP contribution in [0.15, 0.2) is 35.7 Å². The third kappa shape index (κ3) is 4.68. The van der Waals surface area contributed by atoms with Crippen molar-refractivity contribution in [2.24, 2.45) is 0 Å². The summed E-state index contributed by atoms with van der Waals surface area (Å²) >= 11 is 2.63. The molecule has 0 spiro atoms. The van der Waals surface area contributed by atoms with Gasteiger partial charge in [-0.15, -0.1) is 21.5 Å². The third-order valence-corrected chi connectivity index (χ3v) is 4.96. The summed E-state index contributed by atoms with van der Waals surface area (Å²) < 4.78 is 0. The van der Waals surface area contributed by atoms with Crippen molar-refractivity contribution in [2.45, 2.75) is 19.8 Å². The maximum Gasteiger partial charge on any atom is 0.257 e. The van der Waals surface area contributed by atoms with Gasteiger partial charge in [0.1, 0.15) is 5.01 Å². The molecule has 0 fully saturated rings. The molecule has 2 N–H and O–H groups in total. The van der Waals surface area contributed by atoms with Crippen LogP contribution in [-0.2, 0) is 17.6 Å². The molecule has 0 aliphatic heterocycles. The summed E-state index contributed by atoms with van der Waals surface area (Å²) in [5, 5.41) is 16.9. The van der Waals surface area contributed by atoms with Crippen molar-refractivity contribution in [1.29, 1.82) is 0 Å². The van der Waals surface area contributed by atoms with Gasteiger partial charge in [0.15, 0.2) is 5.13 Å². The van der Waals surface area contributed by atoms with Crippen LogP contribution >= 0.6 is 22.7 Å². The monoisotopic (exact) mass is 373 g/mol.